The third-order valence-electron chi connectivity index (χ3n) is 6.07. The van der Waals surface area contributed by atoms with Crippen LogP contribution in [0.15, 0.2) is 24.3 Å². The van der Waals surface area contributed by atoms with Crippen LogP contribution in [0.5, 0.6) is 0 Å². The van der Waals surface area contributed by atoms with E-state index in [4.69, 9.17) is 18.3 Å². The van der Waals surface area contributed by atoms with E-state index < -0.39 is 29.8 Å². The van der Waals surface area contributed by atoms with Crippen LogP contribution in [0.1, 0.15) is 78.2 Å². The number of amides is 7. The lowest BCUT2D eigenvalue weighted by Crippen LogP contribution is -2.51. The Balaban J connectivity index is 0.00000246. The fraction of sp³-hybridized carbons (Fsp3) is 0.567. The topological polar surface area (TPSA) is 206 Å². The lowest BCUT2D eigenvalue weighted by atomic mass is 10.0. The van der Waals surface area contributed by atoms with Crippen LogP contribution in [-0.4, -0.2) is 80.4 Å². The number of hydrogen-bond donors (Lipinski definition) is 5. The summed E-state index contributed by atoms with van der Waals surface area (Å²) in [5, 5.41) is 10.3. The molecule has 1 unspecified atom stereocenters. The normalized spacial score (nSPS) is 10.8. The second kappa shape index (κ2) is 24.0. The number of unbranched alkanes of at least 4 members (excludes halogenated alkanes) is 2. The van der Waals surface area contributed by atoms with Crippen molar-refractivity contribution in [2.75, 3.05) is 25.0 Å². The highest BCUT2D eigenvalue weighted by molar-refractivity contribution is 6.55. The molecule has 2 radical (unpaired) electrons. The number of nitrogens with one attached hydrogen (secondary N) is 4. The van der Waals surface area contributed by atoms with Gasteiger partial charge >= 0.3 is 6.03 Å². The molecular formula is C30H47BN6O8. The number of primary amides is 1. The molecule has 248 valence electrons. The molecule has 0 spiro atoms. The lowest BCUT2D eigenvalue weighted by Gasteiger charge is -2.21. The maximum atomic E-state index is 12.6. The molecule has 1 aromatic rings. The predicted octanol–water partition coefficient (Wildman–Crippen LogP) is 2.10. The van der Waals surface area contributed by atoms with Crippen molar-refractivity contribution in [1.82, 2.24) is 20.9 Å². The first-order valence-electron chi connectivity index (χ1n) is 15.0. The van der Waals surface area contributed by atoms with Crippen LogP contribution in [0.4, 0.5) is 15.3 Å². The number of imide groups is 1. The first-order chi connectivity index (χ1) is 21.3. The number of nitrogens with two attached hydrogens (primary N) is 1. The van der Waals surface area contributed by atoms with Gasteiger partial charge in [0.15, 0.2) is 0 Å². The summed E-state index contributed by atoms with van der Waals surface area (Å²) in [4.78, 5) is 81.8. The van der Waals surface area contributed by atoms with Crippen molar-refractivity contribution >= 4 is 55.5 Å². The zero-order chi connectivity index (χ0) is 34.2. The third-order valence-corrected chi connectivity index (χ3v) is 6.07. The van der Waals surface area contributed by atoms with Gasteiger partial charge in [-0.05, 0) is 49.3 Å². The Morgan fingerprint density at radius 3 is 2.11 bits per heavy atom. The van der Waals surface area contributed by atoms with E-state index in [-0.39, 0.29) is 37.3 Å². The summed E-state index contributed by atoms with van der Waals surface area (Å²) in [6.07, 6.45) is 4.45. The van der Waals surface area contributed by atoms with Crippen molar-refractivity contribution in [3.63, 3.8) is 0 Å². The molecule has 6 N–H and O–H groups in total. The molecule has 0 aromatic heterocycles. The fourth-order valence-corrected chi connectivity index (χ4v) is 3.69. The number of ether oxygens (including phenoxy) is 1. The standard InChI is InChI=1S/C26H37BN4O7.C4H10N2O/c1-4-8-23(35)31(17-32)14-7-5-6-9-21(33)30-24(18(2)3)25(36)28-15-22(34)29-20-12-10-19(11-13-20)16-38-26(27)37;1-2-3-6-4(5)7/h10-13,17-18,24H,4-9,14-16H2,1-3H3,(H,28,36)(H,29,34)(H,30,33);2-3H2,1H3,(H3,5,6,7). The monoisotopic (exact) mass is 630 g/mol. The molecule has 45 heavy (non-hydrogen) atoms. The number of rotatable bonds is 19. The Bertz CT molecular complexity index is 1100. The zero-order valence-electron chi connectivity index (χ0n) is 26.7. The Labute approximate surface area is 266 Å². The molecule has 0 saturated heterocycles. The first kappa shape index (κ1) is 40.6. The highest BCUT2D eigenvalue weighted by Gasteiger charge is 2.24. The Morgan fingerprint density at radius 2 is 1.60 bits per heavy atom. The Kier molecular flexibility index (Phi) is 21.6. The van der Waals surface area contributed by atoms with Crippen LogP contribution < -0.4 is 27.0 Å². The molecule has 0 aliphatic heterocycles. The average molecular weight is 631 g/mol. The second-order valence-corrected chi connectivity index (χ2v) is 10.4. The minimum Gasteiger partial charge on any atom is -0.470 e. The number of urea groups is 1. The van der Waals surface area contributed by atoms with Crippen LogP contribution >= 0.6 is 0 Å². The van der Waals surface area contributed by atoms with Gasteiger partial charge in [0.05, 0.1) is 6.54 Å². The van der Waals surface area contributed by atoms with Crippen molar-refractivity contribution in [1.29, 1.82) is 0 Å². The van der Waals surface area contributed by atoms with Gasteiger partial charge in [0, 0.05) is 31.6 Å². The maximum absolute atomic E-state index is 12.6. The number of carbonyl (C=O) groups is 7. The second-order valence-electron chi connectivity index (χ2n) is 10.4. The third kappa shape index (κ3) is 20.2. The highest BCUT2D eigenvalue weighted by Crippen LogP contribution is 2.11. The fourth-order valence-electron chi connectivity index (χ4n) is 3.69. The summed E-state index contributed by atoms with van der Waals surface area (Å²) in [5.41, 5.74) is 5.91. The van der Waals surface area contributed by atoms with Gasteiger partial charge < -0.3 is 31.7 Å². The smallest absolute Gasteiger partial charge is 0.312 e. The van der Waals surface area contributed by atoms with Gasteiger partial charge in [0.25, 0.3) is 0 Å². The van der Waals surface area contributed by atoms with E-state index in [0.29, 0.717) is 62.9 Å². The minimum atomic E-state index is -0.881. The molecule has 7 amide bonds. The average Bonchev–Trinajstić information content (AvgIpc) is 2.99. The lowest BCUT2D eigenvalue weighted by molar-refractivity contribution is -0.138. The zero-order valence-corrected chi connectivity index (χ0v) is 26.7. The molecule has 1 rings (SSSR count). The van der Waals surface area contributed by atoms with Crippen molar-refractivity contribution < 1.29 is 38.3 Å². The van der Waals surface area contributed by atoms with Crippen LogP contribution in [0.3, 0.4) is 0 Å². The molecule has 0 saturated carbocycles. The molecule has 1 atom stereocenters. The summed E-state index contributed by atoms with van der Waals surface area (Å²) in [6, 6.07) is 5.31. The molecule has 1 aromatic carbocycles. The van der Waals surface area contributed by atoms with E-state index in [9.17, 15) is 33.6 Å². The van der Waals surface area contributed by atoms with E-state index in [1.54, 1.807) is 38.1 Å². The maximum Gasteiger partial charge on any atom is 0.312 e. The summed E-state index contributed by atoms with van der Waals surface area (Å²) in [7, 11) is 4.93. The predicted molar refractivity (Wildman–Crippen MR) is 170 cm³/mol. The van der Waals surface area contributed by atoms with Gasteiger partial charge in [-0.1, -0.05) is 46.2 Å². The van der Waals surface area contributed by atoms with Crippen molar-refractivity contribution in [3.8, 4) is 0 Å². The highest BCUT2D eigenvalue weighted by atomic mass is 16.5. The number of anilines is 1. The van der Waals surface area contributed by atoms with Gasteiger partial charge in [0.1, 0.15) is 12.6 Å². The van der Waals surface area contributed by atoms with Crippen molar-refractivity contribution in [2.45, 2.75) is 85.3 Å². The van der Waals surface area contributed by atoms with Crippen molar-refractivity contribution in [2.24, 2.45) is 11.7 Å². The van der Waals surface area contributed by atoms with Crippen LogP contribution in [0.25, 0.3) is 0 Å². The molecule has 0 aliphatic rings. The summed E-state index contributed by atoms with van der Waals surface area (Å²) in [6.45, 7) is 8.13. The number of benzene rings is 1. The summed E-state index contributed by atoms with van der Waals surface area (Å²) >= 11 is 0. The van der Waals surface area contributed by atoms with Crippen LogP contribution in [-0.2, 0) is 35.3 Å². The first-order valence-corrected chi connectivity index (χ1v) is 15.0. The number of hydrogen-bond acceptors (Lipinski definition) is 8. The molecule has 0 aliphatic carbocycles. The van der Waals surface area contributed by atoms with Gasteiger partial charge in [-0.25, -0.2) is 4.79 Å². The van der Waals surface area contributed by atoms with Crippen LogP contribution in [0.2, 0.25) is 0 Å². The SMILES string of the molecule is CCCNC(N)=O.[B]C(=O)OCc1ccc(NC(=O)CNC(=O)C(NC(=O)CCCCCN(C=O)C(=O)CCC)C(C)C)cc1. The van der Waals surface area contributed by atoms with Crippen molar-refractivity contribution in [3.05, 3.63) is 29.8 Å². The molecule has 0 fully saturated rings. The van der Waals surface area contributed by atoms with E-state index in [0.717, 1.165) is 11.3 Å². The van der Waals surface area contributed by atoms with E-state index in [1.807, 2.05) is 13.8 Å². The summed E-state index contributed by atoms with van der Waals surface area (Å²) < 4.78 is 4.69. The summed E-state index contributed by atoms with van der Waals surface area (Å²) in [5.74, 6) is -2.51. The minimum absolute atomic E-state index is 0.0146. The quantitative estimate of drug-likeness (QED) is 0.0867. The van der Waals surface area contributed by atoms with Gasteiger partial charge in [-0.3, -0.25) is 33.7 Å². The van der Waals surface area contributed by atoms with E-state index >= 15 is 0 Å². The van der Waals surface area contributed by atoms with Crippen LogP contribution in [0, 0.1) is 5.92 Å². The Morgan fingerprint density at radius 1 is 0.933 bits per heavy atom. The number of carbonyl (C=O) groups excluding carboxylic acids is 7. The molecule has 15 heteroatoms. The molecule has 14 nitrogen and oxygen atoms in total. The molecule has 0 heterocycles. The van der Waals surface area contributed by atoms with E-state index in [1.165, 1.54) is 0 Å². The van der Waals surface area contributed by atoms with Gasteiger partial charge in [0.2, 0.25) is 43.8 Å². The van der Waals surface area contributed by atoms with E-state index in [2.05, 4.69) is 21.3 Å². The number of nitrogens with zero attached hydrogens (tertiary/aromatic N) is 1. The largest absolute Gasteiger partial charge is 0.470 e. The van der Waals surface area contributed by atoms with Gasteiger partial charge in [-0.15, -0.1) is 0 Å². The Hall–Kier alpha value is -4.43. The molecule has 0 bridgehead atoms. The molecular weight excluding hydrogens is 583 g/mol. The van der Waals surface area contributed by atoms with Gasteiger partial charge in [-0.2, -0.15) is 0 Å².